The van der Waals surface area contributed by atoms with Gasteiger partial charge in [0.2, 0.25) is 30.1 Å². The van der Waals surface area contributed by atoms with Gasteiger partial charge in [-0.15, -0.1) is 0 Å². The third kappa shape index (κ3) is 9.93. The van der Waals surface area contributed by atoms with Crippen LogP contribution in [0.3, 0.4) is 0 Å². The number of hydrogen-bond donors (Lipinski definition) is 3. The Labute approximate surface area is 293 Å². The molecule has 282 valence electrons. The van der Waals surface area contributed by atoms with Crippen molar-refractivity contribution in [1.82, 2.24) is 28.9 Å². The first-order valence-corrected chi connectivity index (χ1v) is 22.9. The van der Waals surface area contributed by atoms with Crippen molar-refractivity contribution in [3.05, 3.63) is 0 Å². The van der Waals surface area contributed by atoms with Gasteiger partial charge in [-0.2, -0.15) is 12.9 Å². The number of nitrogens with zero attached hydrogens (tertiary/aromatic N) is 3. The van der Waals surface area contributed by atoms with Gasteiger partial charge in [0.15, 0.2) is 0 Å². The summed E-state index contributed by atoms with van der Waals surface area (Å²) in [5.41, 5.74) is -0.0119. The molecule has 6 aliphatic heterocycles. The summed E-state index contributed by atoms with van der Waals surface area (Å²) in [4.78, 5) is 0. The maximum absolute atomic E-state index is 12.3. The van der Waals surface area contributed by atoms with Crippen molar-refractivity contribution in [1.29, 1.82) is 0 Å². The Kier molecular flexibility index (Phi) is 12.6. The van der Waals surface area contributed by atoms with E-state index in [-0.39, 0.29) is 34.4 Å². The average Bonchev–Trinajstić information content (AvgIpc) is 3.06. The molecule has 0 aromatic heterocycles. The van der Waals surface area contributed by atoms with Crippen LogP contribution in [0.1, 0.15) is 101 Å². The van der Waals surface area contributed by atoms with Crippen LogP contribution in [-0.2, 0) is 30.1 Å². The van der Waals surface area contributed by atoms with Gasteiger partial charge in [-0.05, 0) is 48.3 Å². The first-order valence-electron chi connectivity index (χ1n) is 18.1. The second-order valence-electron chi connectivity index (χ2n) is 18.0. The summed E-state index contributed by atoms with van der Waals surface area (Å²) in [6, 6.07) is 1.35. The van der Waals surface area contributed by atoms with Crippen LogP contribution >= 0.6 is 0 Å². The SMILES string of the molecule is CC(C)(C)C1CNC2CCCCS(=O)(=O)N1C2.CC(C)(C)C1CNC2CCCS(=O)(=O)N1C2.CC(C)(C)C1CNC2CCS(=O)(=O)N1C2. The molecule has 0 radical (unpaired) electrons. The zero-order valence-electron chi connectivity index (χ0n) is 31.1. The van der Waals surface area contributed by atoms with Crippen LogP contribution in [0.15, 0.2) is 0 Å². The van der Waals surface area contributed by atoms with Crippen molar-refractivity contribution < 1.29 is 25.3 Å². The zero-order valence-corrected chi connectivity index (χ0v) is 33.5. The van der Waals surface area contributed by atoms with Crippen LogP contribution < -0.4 is 16.0 Å². The molecule has 15 heteroatoms. The van der Waals surface area contributed by atoms with E-state index in [0.29, 0.717) is 55.0 Å². The van der Waals surface area contributed by atoms with Gasteiger partial charge in [-0.1, -0.05) is 68.7 Å². The van der Waals surface area contributed by atoms with E-state index in [4.69, 9.17) is 0 Å². The minimum absolute atomic E-state index is 0.00236. The second-order valence-corrected chi connectivity index (χ2v) is 24.2. The monoisotopic (exact) mass is 738 g/mol. The summed E-state index contributed by atoms with van der Waals surface area (Å²) in [6.07, 6.45) is 5.44. The van der Waals surface area contributed by atoms with Crippen molar-refractivity contribution in [2.24, 2.45) is 16.2 Å². The van der Waals surface area contributed by atoms with Gasteiger partial charge < -0.3 is 16.0 Å². The maximum Gasteiger partial charge on any atom is 0.214 e. The fraction of sp³-hybridized carbons (Fsp3) is 1.00. The molecule has 6 bridgehead atoms. The molecular weight excluding hydrogens is 673 g/mol. The molecule has 48 heavy (non-hydrogen) atoms. The third-order valence-corrected chi connectivity index (χ3v) is 16.7. The van der Waals surface area contributed by atoms with Crippen molar-refractivity contribution in [3.8, 4) is 0 Å². The summed E-state index contributed by atoms with van der Waals surface area (Å²) < 4.78 is 78.1. The molecule has 0 amide bonds. The van der Waals surface area contributed by atoms with Crippen LogP contribution in [0.2, 0.25) is 0 Å². The topological polar surface area (TPSA) is 148 Å². The lowest BCUT2D eigenvalue weighted by Crippen LogP contribution is -2.65. The third-order valence-electron chi connectivity index (χ3n) is 11.0. The lowest BCUT2D eigenvalue weighted by molar-refractivity contribution is 0.116. The molecule has 6 rings (SSSR count). The lowest BCUT2D eigenvalue weighted by atomic mass is 9.85. The van der Waals surface area contributed by atoms with E-state index in [1.807, 2.05) is 0 Å². The average molecular weight is 739 g/mol. The summed E-state index contributed by atoms with van der Waals surface area (Å²) in [5.74, 6) is 0.946. The molecule has 9 unspecified atom stereocenters. The first-order chi connectivity index (χ1) is 21.9. The fourth-order valence-corrected chi connectivity index (χ4v) is 13.9. The van der Waals surface area contributed by atoms with Gasteiger partial charge in [0, 0.05) is 75.5 Å². The summed E-state index contributed by atoms with van der Waals surface area (Å²) in [6.45, 7) is 23.3. The Balaban J connectivity index is 0.000000163. The van der Waals surface area contributed by atoms with Crippen molar-refractivity contribution >= 4 is 30.1 Å². The first kappa shape index (κ1) is 40.4. The molecule has 6 aliphatic rings. The van der Waals surface area contributed by atoms with E-state index >= 15 is 0 Å². The minimum atomic E-state index is -3.05. The highest BCUT2D eigenvalue weighted by Gasteiger charge is 2.45. The van der Waals surface area contributed by atoms with Crippen molar-refractivity contribution in [3.63, 3.8) is 0 Å². The summed E-state index contributed by atoms with van der Waals surface area (Å²) in [5, 5.41) is 10.4. The maximum atomic E-state index is 12.3. The number of fused-ring (bicyclic) bond motifs is 6. The van der Waals surface area contributed by atoms with Gasteiger partial charge in [0.1, 0.15) is 0 Å². The molecule has 12 nitrogen and oxygen atoms in total. The standard InChI is InChI=1S/C12H24N2O2S.C11H22N2O2S.C10H20N2O2S/c1-12(2,3)11-8-13-10-6-4-5-7-17(15,16)14(11)9-10;1-11(2,3)10-7-12-9-5-4-6-16(14,15)13(10)8-9;1-10(2,3)9-6-11-8-4-5-15(13,14)12(9)7-8/h10-11,13H,4-9H2,1-3H3;9-10,12H,4-8H2,1-3H3;8-9,11H,4-7H2,1-3H3. The zero-order chi connectivity index (χ0) is 35.9. The Morgan fingerprint density at radius 2 is 0.750 bits per heavy atom. The Bertz CT molecular complexity index is 1420. The summed E-state index contributed by atoms with van der Waals surface area (Å²) in [7, 11) is -9.08. The lowest BCUT2D eigenvalue weighted by Gasteiger charge is -2.48. The molecule has 0 aromatic carbocycles. The van der Waals surface area contributed by atoms with Crippen LogP contribution in [0.25, 0.3) is 0 Å². The largest absolute Gasteiger partial charge is 0.311 e. The second kappa shape index (κ2) is 14.9. The number of piperazine rings is 3. The molecule has 6 heterocycles. The van der Waals surface area contributed by atoms with Gasteiger partial charge >= 0.3 is 0 Å². The highest BCUT2D eigenvalue weighted by Crippen LogP contribution is 2.33. The number of sulfonamides is 3. The van der Waals surface area contributed by atoms with Gasteiger partial charge in [-0.3, -0.25) is 0 Å². The van der Waals surface area contributed by atoms with E-state index in [1.165, 1.54) is 0 Å². The van der Waals surface area contributed by atoms with Crippen LogP contribution in [-0.4, -0.2) is 131 Å². The molecule has 0 saturated carbocycles. The van der Waals surface area contributed by atoms with Gasteiger partial charge in [0.05, 0.1) is 17.3 Å². The van der Waals surface area contributed by atoms with E-state index < -0.39 is 30.1 Å². The molecule has 0 aliphatic carbocycles. The van der Waals surface area contributed by atoms with E-state index in [2.05, 4.69) is 78.3 Å². The molecular formula is C33H66N6O6S3. The quantitative estimate of drug-likeness (QED) is 0.341. The Hall–Kier alpha value is -0.390. The highest BCUT2D eigenvalue weighted by molar-refractivity contribution is 7.89. The Morgan fingerprint density at radius 3 is 1.12 bits per heavy atom. The van der Waals surface area contributed by atoms with Crippen molar-refractivity contribution in [2.45, 2.75) is 137 Å². The fourth-order valence-electron chi connectivity index (χ4n) is 7.91. The van der Waals surface area contributed by atoms with E-state index in [9.17, 15) is 25.3 Å². The molecule has 6 saturated heterocycles. The van der Waals surface area contributed by atoms with Gasteiger partial charge in [-0.25, -0.2) is 25.3 Å². The van der Waals surface area contributed by atoms with Crippen LogP contribution in [0, 0.1) is 16.2 Å². The van der Waals surface area contributed by atoms with E-state index in [1.54, 1.807) is 12.9 Å². The molecule has 0 aromatic rings. The van der Waals surface area contributed by atoms with Crippen LogP contribution in [0.5, 0.6) is 0 Å². The smallest absolute Gasteiger partial charge is 0.214 e. The molecule has 6 fully saturated rings. The van der Waals surface area contributed by atoms with Gasteiger partial charge in [0.25, 0.3) is 0 Å². The Morgan fingerprint density at radius 1 is 0.438 bits per heavy atom. The van der Waals surface area contributed by atoms with Crippen LogP contribution in [0.4, 0.5) is 0 Å². The predicted octanol–water partition coefficient (Wildman–Crippen LogP) is 2.40. The normalized spacial score (nSPS) is 39.1. The molecule has 9 atom stereocenters. The molecule has 0 spiro atoms. The number of nitrogens with one attached hydrogen (secondary N) is 3. The van der Waals surface area contributed by atoms with Crippen molar-refractivity contribution in [2.75, 3.05) is 56.5 Å². The minimum Gasteiger partial charge on any atom is -0.311 e. The molecule has 3 N–H and O–H groups in total. The number of rotatable bonds is 0. The van der Waals surface area contributed by atoms with E-state index in [0.717, 1.165) is 58.2 Å². The highest BCUT2D eigenvalue weighted by atomic mass is 32.2. The predicted molar refractivity (Wildman–Crippen MR) is 194 cm³/mol. The number of hydrogen-bond acceptors (Lipinski definition) is 9. The summed E-state index contributed by atoms with van der Waals surface area (Å²) >= 11 is 0.